The first kappa shape index (κ1) is 32.1. The van der Waals surface area contributed by atoms with Gasteiger partial charge in [0, 0.05) is 0 Å². The Morgan fingerprint density at radius 2 is 1.23 bits per heavy atom. The van der Waals surface area contributed by atoms with Crippen molar-refractivity contribution in [1.29, 1.82) is 0 Å². The molecule has 236 valence electrons. The van der Waals surface area contributed by atoms with Gasteiger partial charge in [0.05, 0.1) is 12.2 Å². The lowest BCUT2D eigenvalue weighted by Gasteiger charge is -2.54. The lowest BCUT2D eigenvalue weighted by molar-refractivity contribution is 0.0305. The second-order valence-electron chi connectivity index (χ2n) is 14.5. The quantitative estimate of drug-likeness (QED) is 0.111. The van der Waals surface area contributed by atoms with Crippen molar-refractivity contribution >= 4 is 5.97 Å². The van der Waals surface area contributed by atoms with E-state index in [0.717, 1.165) is 30.6 Å². The minimum absolute atomic E-state index is 0.292. The van der Waals surface area contributed by atoms with E-state index in [1.165, 1.54) is 128 Å². The first-order valence-corrected chi connectivity index (χ1v) is 18.1. The van der Waals surface area contributed by atoms with E-state index >= 15 is 0 Å². The average molecular weight is 587 g/mol. The Kier molecular flexibility index (Phi) is 11.7. The van der Waals surface area contributed by atoms with Crippen LogP contribution in [-0.4, -0.2) is 12.6 Å². The number of ether oxygens (including phenoxy) is 2. The van der Waals surface area contributed by atoms with Crippen molar-refractivity contribution in [2.45, 2.75) is 148 Å². The van der Waals surface area contributed by atoms with E-state index in [1.807, 2.05) is 36.4 Å². The van der Waals surface area contributed by atoms with Crippen molar-refractivity contribution in [2.75, 3.05) is 6.61 Å². The highest BCUT2D eigenvalue weighted by Crippen LogP contribution is 2.59. The van der Waals surface area contributed by atoms with E-state index in [0.29, 0.717) is 22.1 Å². The lowest BCUT2D eigenvalue weighted by atomic mass is 9.51. The van der Waals surface area contributed by atoms with Gasteiger partial charge in [-0.05, 0) is 122 Å². The van der Waals surface area contributed by atoms with Gasteiger partial charge in [0.25, 0.3) is 0 Å². The molecule has 3 nitrogen and oxygen atoms in total. The number of unbranched alkanes of at least 4 members (excludes halogenated alkanes) is 4. The Balaban J connectivity index is 1.01. The molecule has 0 atom stereocenters. The number of carbonyl (C=O) groups is 1. The number of benzene rings is 2. The van der Waals surface area contributed by atoms with Crippen LogP contribution in [0, 0.1) is 17.3 Å². The van der Waals surface area contributed by atoms with Crippen molar-refractivity contribution in [3.05, 3.63) is 59.7 Å². The van der Waals surface area contributed by atoms with Crippen LogP contribution in [0.25, 0.3) is 0 Å². The Morgan fingerprint density at radius 3 is 1.84 bits per heavy atom. The molecule has 0 radical (unpaired) electrons. The summed E-state index contributed by atoms with van der Waals surface area (Å²) in [6.07, 6.45) is 27.2. The maximum Gasteiger partial charge on any atom is 0.343 e. The first-order valence-electron chi connectivity index (χ1n) is 18.1. The number of rotatable bonds is 16. The molecule has 0 spiro atoms. The van der Waals surface area contributed by atoms with Crippen LogP contribution in [0.2, 0.25) is 0 Å². The summed E-state index contributed by atoms with van der Waals surface area (Å²) in [6, 6.07) is 15.9. The first-order chi connectivity index (χ1) is 21.0. The third-order valence-electron chi connectivity index (χ3n) is 11.7. The molecule has 4 fully saturated rings. The standard InChI is InChI=1S/C40H58O3/c1-3-5-7-10-32-12-14-33(15-13-32)11-9-31-42-36-20-22-37(23-21-36)43-38(41)34-16-18-35(19-17-34)40-28-25-39(26-29-40,27-30-40)24-8-6-4-2/h16-23,32-33H,3-15,24-31H2,1-2H3/t32-,33-,39?,40?. The molecular formula is C40H58O3. The molecular weight excluding hydrogens is 528 g/mol. The molecule has 4 saturated carbocycles. The molecule has 4 aliphatic rings. The van der Waals surface area contributed by atoms with Crippen molar-refractivity contribution in [3.63, 3.8) is 0 Å². The molecule has 43 heavy (non-hydrogen) atoms. The van der Waals surface area contributed by atoms with Gasteiger partial charge < -0.3 is 9.47 Å². The highest BCUT2D eigenvalue weighted by atomic mass is 16.5. The molecule has 0 saturated heterocycles. The third kappa shape index (κ3) is 8.67. The van der Waals surface area contributed by atoms with Gasteiger partial charge in [-0.3, -0.25) is 0 Å². The maximum atomic E-state index is 12.9. The fourth-order valence-electron chi connectivity index (χ4n) is 8.60. The number of esters is 1. The average Bonchev–Trinajstić information content (AvgIpc) is 3.06. The lowest BCUT2D eigenvalue weighted by Crippen LogP contribution is -2.44. The third-order valence-corrected chi connectivity index (χ3v) is 11.7. The van der Waals surface area contributed by atoms with Gasteiger partial charge in [-0.1, -0.05) is 96.6 Å². The Bertz CT molecular complexity index is 1080. The van der Waals surface area contributed by atoms with Gasteiger partial charge in [-0.2, -0.15) is 0 Å². The van der Waals surface area contributed by atoms with E-state index in [1.54, 1.807) is 0 Å². The molecule has 4 aliphatic carbocycles. The second-order valence-corrected chi connectivity index (χ2v) is 14.5. The van der Waals surface area contributed by atoms with E-state index in [2.05, 4.69) is 26.0 Å². The predicted molar refractivity (Wildman–Crippen MR) is 178 cm³/mol. The zero-order chi connectivity index (χ0) is 30.0. The van der Waals surface area contributed by atoms with Gasteiger partial charge in [-0.15, -0.1) is 0 Å². The molecule has 6 rings (SSSR count). The Hall–Kier alpha value is -2.29. The Morgan fingerprint density at radius 1 is 0.674 bits per heavy atom. The number of fused-ring (bicyclic) bond motifs is 3. The fourth-order valence-corrected chi connectivity index (χ4v) is 8.60. The molecule has 0 N–H and O–H groups in total. The number of carbonyl (C=O) groups excluding carboxylic acids is 1. The largest absolute Gasteiger partial charge is 0.494 e. The van der Waals surface area contributed by atoms with Crippen LogP contribution in [-0.2, 0) is 5.41 Å². The highest BCUT2D eigenvalue weighted by molar-refractivity contribution is 5.91. The minimum atomic E-state index is -0.292. The fraction of sp³-hybridized carbons (Fsp3) is 0.675. The summed E-state index contributed by atoms with van der Waals surface area (Å²) in [6.45, 7) is 5.35. The summed E-state index contributed by atoms with van der Waals surface area (Å²) in [5, 5.41) is 0. The van der Waals surface area contributed by atoms with Crippen molar-refractivity contribution in [1.82, 2.24) is 0 Å². The maximum absolute atomic E-state index is 12.9. The Labute approximate surface area is 262 Å². The van der Waals surface area contributed by atoms with Crippen LogP contribution < -0.4 is 9.47 Å². The molecule has 3 heteroatoms. The van der Waals surface area contributed by atoms with E-state index in [-0.39, 0.29) is 5.97 Å². The molecule has 0 aliphatic heterocycles. The van der Waals surface area contributed by atoms with Crippen molar-refractivity contribution in [2.24, 2.45) is 17.3 Å². The van der Waals surface area contributed by atoms with Crippen LogP contribution in [0.15, 0.2) is 48.5 Å². The molecule has 2 aromatic carbocycles. The highest BCUT2D eigenvalue weighted by Gasteiger charge is 2.48. The zero-order valence-corrected chi connectivity index (χ0v) is 27.3. The van der Waals surface area contributed by atoms with Gasteiger partial charge in [0.15, 0.2) is 0 Å². The zero-order valence-electron chi connectivity index (χ0n) is 27.3. The van der Waals surface area contributed by atoms with Gasteiger partial charge in [0.2, 0.25) is 0 Å². The van der Waals surface area contributed by atoms with E-state index in [4.69, 9.17) is 9.47 Å². The van der Waals surface area contributed by atoms with Crippen LogP contribution >= 0.6 is 0 Å². The number of hydrogen-bond donors (Lipinski definition) is 0. The molecule has 0 heterocycles. The van der Waals surface area contributed by atoms with Crippen LogP contribution in [0.5, 0.6) is 11.5 Å². The van der Waals surface area contributed by atoms with Crippen molar-refractivity contribution in [3.8, 4) is 11.5 Å². The van der Waals surface area contributed by atoms with Gasteiger partial charge in [0.1, 0.15) is 11.5 Å². The molecule has 0 unspecified atom stereocenters. The smallest absolute Gasteiger partial charge is 0.343 e. The normalized spacial score (nSPS) is 26.7. The second kappa shape index (κ2) is 15.6. The van der Waals surface area contributed by atoms with Crippen LogP contribution in [0.4, 0.5) is 0 Å². The van der Waals surface area contributed by atoms with Gasteiger partial charge in [-0.25, -0.2) is 4.79 Å². The van der Waals surface area contributed by atoms with Gasteiger partial charge >= 0.3 is 5.97 Å². The summed E-state index contributed by atoms with van der Waals surface area (Å²) in [5.74, 6) is 2.98. The molecule has 0 aromatic heterocycles. The topological polar surface area (TPSA) is 35.5 Å². The van der Waals surface area contributed by atoms with E-state index < -0.39 is 0 Å². The summed E-state index contributed by atoms with van der Waals surface area (Å²) in [4.78, 5) is 12.9. The van der Waals surface area contributed by atoms with Crippen LogP contribution in [0.3, 0.4) is 0 Å². The van der Waals surface area contributed by atoms with Crippen molar-refractivity contribution < 1.29 is 14.3 Å². The minimum Gasteiger partial charge on any atom is -0.494 e. The van der Waals surface area contributed by atoms with E-state index in [9.17, 15) is 4.79 Å². The summed E-state index contributed by atoms with van der Waals surface area (Å²) < 4.78 is 11.7. The monoisotopic (exact) mass is 586 g/mol. The summed E-state index contributed by atoms with van der Waals surface area (Å²) in [5.41, 5.74) is 2.98. The molecule has 0 amide bonds. The summed E-state index contributed by atoms with van der Waals surface area (Å²) >= 11 is 0. The summed E-state index contributed by atoms with van der Waals surface area (Å²) in [7, 11) is 0. The molecule has 2 bridgehead atoms. The SMILES string of the molecule is CCCCCC12CCC(c3ccc(C(=O)Oc4ccc(OCCC[C@H]5CC[C@H](CCCCC)CC5)cc4)cc3)(CC1)CC2. The number of hydrogen-bond acceptors (Lipinski definition) is 3. The molecule has 2 aromatic rings. The van der Waals surface area contributed by atoms with Crippen LogP contribution in [0.1, 0.15) is 158 Å². The predicted octanol–water partition coefficient (Wildman–Crippen LogP) is 11.6.